The summed E-state index contributed by atoms with van der Waals surface area (Å²) in [4.78, 5) is 74.0. The van der Waals surface area contributed by atoms with Crippen molar-refractivity contribution in [2.24, 2.45) is 5.16 Å². The Labute approximate surface area is 466 Å². The number of anilines is 2. The molecule has 2 atom stereocenters. The molecule has 2 unspecified atom stereocenters. The van der Waals surface area contributed by atoms with Crippen LogP contribution in [0.2, 0.25) is 0 Å². The number of hydrogen-bond acceptors (Lipinski definition) is 17. The van der Waals surface area contributed by atoms with Crippen LogP contribution in [-0.2, 0) is 58.5 Å². The zero-order chi connectivity index (χ0) is 53.8. The van der Waals surface area contributed by atoms with E-state index in [0.717, 1.165) is 53.6 Å². The number of benzene rings is 4. The topological polar surface area (TPSA) is 227 Å². The fourth-order valence-electron chi connectivity index (χ4n) is 9.14. The maximum atomic E-state index is 14.8. The van der Waals surface area contributed by atoms with E-state index in [1.165, 1.54) is 53.6 Å². The van der Waals surface area contributed by atoms with Crippen LogP contribution in [0, 0.1) is 0 Å². The number of amides is 2. The van der Waals surface area contributed by atoms with Gasteiger partial charge in [0.2, 0.25) is 11.4 Å². The molecule has 0 radical (unpaired) electrons. The second-order valence-electron chi connectivity index (χ2n) is 19.9. The monoisotopic (exact) mass is 1120 g/mol. The number of aromatic nitrogens is 3. The molecule has 17 nitrogen and oxygen atoms in total. The number of rotatable bonds is 18. The molecule has 1 aliphatic carbocycles. The number of halogens is 1. The third kappa shape index (κ3) is 12.0. The molecule has 402 valence electrons. The van der Waals surface area contributed by atoms with Crippen LogP contribution in [0.25, 0.3) is 0 Å². The summed E-state index contributed by atoms with van der Waals surface area (Å²) in [5, 5.41) is 12.8. The van der Waals surface area contributed by atoms with Crippen molar-refractivity contribution >= 4 is 75.3 Å². The Hall–Kier alpha value is -7.13. The summed E-state index contributed by atoms with van der Waals surface area (Å²) in [6.45, 7) is 8.08. The average Bonchev–Trinajstić information content (AvgIpc) is 3.93. The number of carbonyl (C=O) groups excluding carboxylic acids is 4. The number of β-lactam (4-membered cyclic amide) rings is 1. The first-order chi connectivity index (χ1) is 36.5. The largest absolute Gasteiger partial charge is 1.00 e. The second-order valence-corrected chi connectivity index (χ2v) is 22.8. The molecule has 4 aromatic carbocycles. The van der Waals surface area contributed by atoms with E-state index in [1.807, 2.05) is 91.0 Å². The summed E-state index contributed by atoms with van der Waals surface area (Å²) in [7, 11) is 1.57. The third-order valence-corrected chi connectivity index (χ3v) is 16.2. The molecule has 4 heterocycles. The molecule has 6 N–H and O–H groups in total. The summed E-state index contributed by atoms with van der Waals surface area (Å²) in [6.07, 6.45) is 3.54. The summed E-state index contributed by atoms with van der Waals surface area (Å²) >= 11 is 3.92. The number of ether oxygens (including phenoxy) is 3. The van der Waals surface area contributed by atoms with Gasteiger partial charge in [0, 0.05) is 23.3 Å². The number of fused-ring (bicyclic) bond motifs is 2. The number of oxime groups is 1. The van der Waals surface area contributed by atoms with Crippen molar-refractivity contribution in [3.05, 3.63) is 171 Å². The van der Waals surface area contributed by atoms with Crippen LogP contribution in [0.15, 0.2) is 142 Å². The molecule has 0 spiro atoms. The van der Waals surface area contributed by atoms with Crippen LogP contribution in [-0.4, -0.2) is 85.6 Å². The number of thiazole rings is 1. The van der Waals surface area contributed by atoms with E-state index in [1.54, 1.807) is 62.2 Å². The fourth-order valence-corrected chi connectivity index (χ4v) is 12.3. The molecule has 3 aliphatic rings. The lowest BCUT2D eigenvalue weighted by Gasteiger charge is -2.49. The van der Waals surface area contributed by atoms with E-state index in [9.17, 15) is 19.2 Å². The molecular weight excluding hydrogens is 1060 g/mol. The molecule has 0 bridgehead atoms. The predicted octanol–water partition coefficient (Wildman–Crippen LogP) is 4.45. The first-order valence-electron chi connectivity index (χ1n) is 24.8. The lowest BCUT2D eigenvalue weighted by molar-refractivity contribution is -0.690. The zero-order valence-corrected chi connectivity index (χ0v) is 46.6. The van der Waals surface area contributed by atoms with E-state index >= 15 is 0 Å². The highest BCUT2D eigenvalue weighted by Crippen LogP contribution is 2.43. The molecule has 2 aromatic heterocycles. The standard InChI is InChI=1S/C56H59N9O8S3.ClH/c1-54(2,3)72-51(69)55(4,5)73-63-43(41-33-75-52(59-41)62-56(36-18-10-7-11-19-36,37-20-12-8-13-21-37)38-22-14-9-15-23-38)47(66)60-44-48(67)64-45(50(68)71-30-34-26-28-39(70-6)29-27-34)35(31-74-49(44)64)32-76-53-61-46(57)40-24-16-17-25-42(40)65(53)58;/h7-15,18-23,26-29,33,44,49,57H,16-17,24-25,30-32,58H2,1-6H3,(H2,59,60,62,66);1H/b63-43-;. The Balaban J connectivity index is 0.00000784. The smallest absolute Gasteiger partial charge is 0.385 e. The molecule has 9 rings (SSSR count). The summed E-state index contributed by atoms with van der Waals surface area (Å²) in [5.74, 6) is 5.42. The third-order valence-electron chi connectivity index (χ3n) is 13.0. The Morgan fingerprint density at radius 1 is 0.870 bits per heavy atom. The Morgan fingerprint density at radius 2 is 1.48 bits per heavy atom. The zero-order valence-electron chi connectivity index (χ0n) is 43.4. The van der Waals surface area contributed by atoms with Crippen molar-refractivity contribution in [3.63, 3.8) is 0 Å². The van der Waals surface area contributed by atoms with Crippen LogP contribution < -0.4 is 44.0 Å². The van der Waals surface area contributed by atoms with Crippen molar-refractivity contribution in [3.8, 4) is 5.75 Å². The van der Waals surface area contributed by atoms with Crippen molar-refractivity contribution < 1.29 is 55.3 Å². The number of nitrogens with zero attached hydrogens (tertiary/aromatic N) is 5. The lowest BCUT2D eigenvalue weighted by atomic mass is 9.77. The van der Waals surface area contributed by atoms with Gasteiger partial charge in [-0.1, -0.05) is 108 Å². The average molecular weight is 1120 g/mol. The highest BCUT2D eigenvalue weighted by atomic mass is 35.5. The van der Waals surface area contributed by atoms with Gasteiger partial charge < -0.3 is 47.8 Å². The Bertz CT molecular complexity index is 3100. The molecule has 1 saturated heterocycles. The van der Waals surface area contributed by atoms with Crippen molar-refractivity contribution in [2.75, 3.05) is 35.5 Å². The van der Waals surface area contributed by atoms with Gasteiger partial charge in [0.1, 0.15) is 52.0 Å². The predicted molar refractivity (Wildman–Crippen MR) is 294 cm³/mol. The number of thioether (sulfide) groups is 2. The van der Waals surface area contributed by atoms with Gasteiger partial charge in [0.15, 0.2) is 10.8 Å². The van der Waals surface area contributed by atoms with Gasteiger partial charge in [-0.05, 0) is 111 Å². The summed E-state index contributed by atoms with van der Waals surface area (Å²) in [6, 6.07) is 35.9. The summed E-state index contributed by atoms with van der Waals surface area (Å²) in [5.41, 5.74) is 8.82. The first kappa shape index (κ1) is 56.1. The van der Waals surface area contributed by atoms with Crippen LogP contribution in [0.1, 0.15) is 86.7 Å². The van der Waals surface area contributed by atoms with Crippen LogP contribution in [0.3, 0.4) is 0 Å². The van der Waals surface area contributed by atoms with Gasteiger partial charge in [-0.15, -0.1) is 27.8 Å². The highest BCUT2D eigenvalue weighted by molar-refractivity contribution is 8.01. The number of nitrogens with one attached hydrogen (secondary N) is 2. The van der Waals surface area contributed by atoms with Crippen molar-refractivity contribution in [1.29, 1.82) is 0 Å². The van der Waals surface area contributed by atoms with Gasteiger partial charge >= 0.3 is 17.1 Å². The quantitative estimate of drug-likeness (QED) is 0.0107. The van der Waals surface area contributed by atoms with E-state index in [-0.39, 0.29) is 41.9 Å². The maximum Gasteiger partial charge on any atom is 0.385 e. The SMILES string of the molecule is COc1ccc(COC(=O)C2=C(CSc3nc(N)c4c([n+]3N)CCCC4)CSC3C(NC(=O)/C(=N\OC(C)(C)C(=O)OC(C)(C)C)c4csc(NC(c5ccccc5)(c5ccccc5)c5ccccc5)n4)C(=O)N23)cc1.[Cl-]. The second kappa shape index (κ2) is 23.6. The van der Waals surface area contributed by atoms with Crippen molar-refractivity contribution in [2.45, 2.75) is 100 Å². The number of esters is 2. The van der Waals surface area contributed by atoms with Crippen molar-refractivity contribution in [1.82, 2.24) is 20.2 Å². The molecule has 77 heavy (non-hydrogen) atoms. The van der Waals surface area contributed by atoms with Gasteiger partial charge in [-0.25, -0.2) is 14.6 Å². The molecule has 21 heteroatoms. The number of nitrogen functional groups attached to an aromatic ring is 2. The van der Waals surface area contributed by atoms with Crippen LogP contribution >= 0.6 is 34.9 Å². The van der Waals surface area contributed by atoms with E-state index in [2.05, 4.69) is 20.8 Å². The normalized spacial score (nSPS) is 16.5. The fraction of sp³-hybridized carbons (Fsp3) is 0.321. The van der Waals surface area contributed by atoms with Crippen LogP contribution in [0.4, 0.5) is 10.9 Å². The van der Waals surface area contributed by atoms with E-state index < -0.39 is 51.9 Å². The minimum absolute atomic E-state index is 0. The first-order valence-corrected chi connectivity index (χ1v) is 27.7. The van der Waals surface area contributed by atoms with E-state index in [4.69, 9.17) is 35.6 Å². The number of hydrogen-bond donors (Lipinski definition) is 4. The molecule has 1 fully saturated rings. The van der Waals surface area contributed by atoms with Gasteiger partial charge in [-0.2, -0.15) is 0 Å². The minimum atomic E-state index is -1.66. The molecular formula is C56H60ClN9O8S3. The van der Waals surface area contributed by atoms with E-state index in [0.29, 0.717) is 38.7 Å². The highest BCUT2D eigenvalue weighted by Gasteiger charge is 2.55. The Morgan fingerprint density at radius 3 is 2.08 bits per heavy atom. The van der Waals surface area contributed by atoms with Crippen LogP contribution in [0.5, 0.6) is 5.75 Å². The number of carbonyl (C=O) groups is 4. The molecule has 2 amide bonds. The summed E-state index contributed by atoms with van der Waals surface area (Å²) < 4.78 is 18.4. The maximum absolute atomic E-state index is 14.8. The molecule has 0 saturated carbocycles. The lowest BCUT2D eigenvalue weighted by Crippen LogP contribution is -3.00. The van der Waals surface area contributed by atoms with Gasteiger partial charge in [0.25, 0.3) is 11.8 Å². The molecule has 6 aromatic rings. The van der Waals surface area contributed by atoms with Gasteiger partial charge in [0.05, 0.1) is 12.7 Å². The number of methoxy groups -OCH3 is 1. The molecule has 2 aliphatic heterocycles. The Kier molecular flexibility index (Phi) is 17.2. The number of nitrogens with two attached hydrogens (primary N) is 2. The van der Waals surface area contributed by atoms with Gasteiger partial charge in [-0.3, -0.25) is 20.3 Å². The minimum Gasteiger partial charge on any atom is -1.00 e.